The first-order chi connectivity index (χ1) is 61.5. The van der Waals surface area contributed by atoms with Crippen LogP contribution < -0.4 is 25.4 Å². The fourth-order valence-electron chi connectivity index (χ4n) is 10.1. The normalized spacial score (nSPS) is 14.0. The molecule has 0 radical (unpaired) electrons. The number of nitrogens with one attached hydrogen (secondary N) is 6. The van der Waals surface area contributed by atoms with Crippen LogP contribution in [0.25, 0.3) is 22.0 Å². The monoisotopic (exact) mass is 1990 g/mol. The van der Waals surface area contributed by atoms with Gasteiger partial charge in [-0.15, -0.1) is 0 Å². The van der Waals surface area contributed by atoms with Gasteiger partial charge in [0.2, 0.25) is 26.0 Å². The van der Waals surface area contributed by atoms with E-state index in [0.29, 0.717) is 134 Å². The first-order valence-corrected chi connectivity index (χ1v) is 42.5. The molecule has 758 valence electrons. The lowest BCUT2D eigenvalue weighted by Gasteiger charge is -2.34. The van der Waals surface area contributed by atoms with Crippen molar-refractivity contribution >= 4 is 102 Å². The number of aliphatic carboxylic acids is 6. The minimum atomic E-state index is -5.08. The first-order valence-electron chi connectivity index (χ1n) is 39.5. The van der Waals surface area contributed by atoms with E-state index in [1.165, 1.54) is 36.4 Å². The van der Waals surface area contributed by atoms with Crippen LogP contribution in [0.1, 0.15) is 91.9 Å². The molecule has 40 nitrogen and oxygen atoms in total. The van der Waals surface area contributed by atoms with Crippen molar-refractivity contribution in [2.75, 3.05) is 150 Å². The predicted molar refractivity (Wildman–Crippen MR) is 439 cm³/mol. The number of aromatic amines is 1. The van der Waals surface area contributed by atoms with E-state index >= 15 is 0 Å². The van der Waals surface area contributed by atoms with Crippen LogP contribution in [0, 0.1) is 0 Å². The second kappa shape index (κ2) is 56.2. The van der Waals surface area contributed by atoms with Gasteiger partial charge in [-0.05, 0) is 135 Å². The average Bonchev–Trinajstić information content (AvgIpc) is 1.70. The van der Waals surface area contributed by atoms with E-state index in [9.17, 15) is 117 Å². The van der Waals surface area contributed by atoms with Crippen LogP contribution in [0.4, 0.5) is 71.8 Å². The Morgan fingerprint density at radius 2 is 0.799 bits per heavy atom. The summed E-state index contributed by atoms with van der Waals surface area (Å²) in [5.41, 5.74) is 0.157. The second-order valence-electron chi connectivity index (χ2n) is 30.8. The minimum absolute atomic E-state index is 0.0166. The summed E-state index contributed by atoms with van der Waals surface area (Å²) < 4.78 is 252. The van der Waals surface area contributed by atoms with Crippen molar-refractivity contribution in [3.05, 3.63) is 90.9 Å². The zero-order valence-electron chi connectivity index (χ0n) is 73.4. The third kappa shape index (κ3) is 54.2. The number of aromatic nitrogens is 4. The molecule has 1 saturated heterocycles. The third-order valence-corrected chi connectivity index (χ3v) is 19.0. The Bertz CT molecular complexity index is 4580. The lowest BCUT2D eigenvalue weighted by molar-refractivity contribution is -0.193. The number of H-pyrrole nitrogens is 1. The average molecular weight is 1990 g/mol. The summed E-state index contributed by atoms with van der Waals surface area (Å²) >= 11 is 0. The molecule has 6 rings (SSSR count). The molecule has 134 heavy (non-hydrogen) atoms. The van der Waals surface area contributed by atoms with Crippen LogP contribution in [-0.2, 0) is 103 Å². The number of halogens is 15. The number of sulfonamides is 2. The largest absolute Gasteiger partial charge is 0.490 e. The highest BCUT2D eigenvalue weighted by atomic mass is 32.2. The molecule has 1 aliphatic heterocycles. The van der Waals surface area contributed by atoms with Crippen LogP contribution in [-0.4, -0.2) is 350 Å². The minimum Gasteiger partial charge on any atom is -0.480 e. The highest BCUT2D eigenvalue weighted by molar-refractivity contribution is 7.89. The van der Waals surface area contributed by atoms with Gasteiger partial charge in [-0.3, -0.25) is 53.0 Å². The Hall–Kier alpha value is -11.2. The number of benzene rings is 3. The second-order valence-corrected chi connectivity index (χ2v) is 34.3. The van der Waals surface area contributed by atoms with Gasteiger partial charge in [-0.1, -0.05) is 24.3 Å². The molecule has 0 spiro atoms. The fraction of sp³-hybridized carbons (Fsp3) is 0.571. The summed E-state index contributed by atoms with van der Waals surface area (Å²) in [7, 11) is -8.26. The van der Waals surface area contributed by atoms with Crippen molar-refractivity contribution in [3.63, 3.8) is 0 Å². The molecule has 1 unspecified atom stereocenters. The van der Waals surface area contributed by atoms with Crippen molar-refractivity contribution in [2.45, 2.75) is 152 Å². The molecule has 0 bridgehead atoms. The summed E-state index contributed by atoms with van der Waals surface area (Å²) in [6, 6.07) is 14.9. The van der Waals surface area contributed by atoms with Crippen molar-refractivity contribution in [2.24, 2.45) is 0 Å². The van der Waals surface area contributed by atoms with Crippen LogP contribution in [0.3, 0.4) is 0 Å². The van der Waals surface area contributed by atoms with Crippen LogP contribution in [0.5, 0.6) is 0 Å². The number of carbonyl (C=O) groups is 11. The summed E-state index contributed by atoms with van der Waals surface area (Å²) in [6.45, 7) is 22.9. The maximum absolute atomic E-state index is 13.4. The number of alkyl halides is 15. The van der Waals surface area contributed by atoms with E-state index in [1.807, 2.05) is 86.6 Å². The van der Waals surface area contributed by atoms with E-state index < -0.39 is 122 Å². The predicted octanol–water partition coefficient (Wildman–Crippen LogP) is 6.73. The lowest BCUT2D eigenvalue weighted by atomic mass is 10.1. The fourth-order valence-corrected chi connectivity index (χ4v) is 12.4. The molecule has 2 aromatic heterocycles. The van der Waals surface area contributed by atoms with Gasteiger partial charge < -0.3 is 80.0 Å². The van der Waals surface area contributed by atoms with Crippen LogP contribution in [0.15, 0.2) is 95.1 Å². The zero-order valence-corrected chi connectivity index (χ0v) is 75.1. The number of aryl methyl sites for hydroxylation is 1. The Kier molecular flexibility index (Phi) is 50.7. The summed E-state index contributed by atoms with van der Waals surface area (Å²) in [6.07, 6.45) is -18.7. The van der Waals surface area contributed by atoms with Crippen LogP contribution in [0.2, 0.25) is 0 Å². The van der Waals surface area contributed by atoms with E-state index in [2.05, 4.69) is 40.5 Å². The smallest absolute Gasteiger partial charge is 0.480 e. The number of ether oxygens (including phenoxy) is 6. The molecule has 5 aromatic rings. The summed E-state index contributed by atoms with van der Waals surface area (Å²) in [4.78, 5) is 137. The number of rotatable bonds is 37. The molecule has 0 aliphatic carbocycles. The Balaban J connectivity index is 0.00000215. The number of carboxylic acid groups (broad SMARTS) is 6. The molecular formula is C77H106F15N13O27S2. The molecule has 3 aromatic carbocycles. The molecule has 1 atom stereocenters. The number of hydrogen-bond donors (Lipinski definition) is 12. The number of hydrogen-bond acceptors (Lipinski definition) is 28. The van der Waals surface area contributed by atoms with Crippen molar-refractivity contribution < 1.29 is 194 Å². The number of carbonyl (C=O) groups excluding carboxylic acids is 5. The van der Waals surface area contributed by atoms with Crippen molar-refractivity contribution in [3.8, 4) is 11.1 Å². The Labute approximate surface area is 756 Å². The molecule has 12 N–H and O–H groups in total. The van der Waals surface area contributed by atoms with Gasteiger partial charge in [0.1, 0.15) is 22.8 Å². The van der Waals surface area contributed by atoms with E-state index in [4.69, 9.17) is 77.9 Å². The summed E-state index contributed by atoms with van der Waals surface area (Å²) in [5, 5.41) is 59.3. The van der Waals surface area contributed by atoms with E-state index in [0.717, 1.165) is 11.9 Å². The van der Waals surface area contributed by atoms with Gasteiger partial charge in [0.15, 0.2) is 5.95 Å². The lowest BCUT2D eigenvalue weighted by Crippen LogP contribution is -2.50. The Morgan fingerprint density at radius 3 is 1.14 bits per heavy atom. The summed E-state index contributed by atoms with van der Waals surface area (Å²) in [5.74, 6) is -16.6. The van der Waals surface area contributed by atoms with Crippen molar-refractivity contribution in [1.82, 2.24) is 59.4 Å². The number of fused-ring (bicyclic) bond motifs is 1. The number of imidazole rings is 1. The molecule has 2 amide bonds. The molecule has 1 aliphatic rings. The van der Waals surface area contributed by atoms with Gasteiger partial charge in [0.25, 0.3) is 5.91 Å². The zero-order chi connectivity index (χ0) is 103. The molecule has 3 heterocycles. The van der Waals surface area contributed by atoms with Gasteiger partial charge >= 0.3 is 84.6 Å². The van der Waals surface area contributed by atoms with Gasteiger partial charge in [0.05, 0.1) is 74.1 Å². The number of anilines is 1. The number of carboxylic acids is 6. The standard InChI is InChI=1S/C67H101N13O17S2.5C2HF3O2/c1-65(2,3)95-59(82)47-77-31-29-76(30-32-78(48-60(83)96-66(4,5)6)34-36-79(35-33-77)49-61(84)97-67(7,8)9)46-58(81)68-24-11-37-92-39-41-94-42-40-93-38-12-25-74-98(88,89)54-18-13-50(14-19-54)51-15-20-55(21-16-51)99(90,91)75-56(63(86)87)45-72-62(85)52-17-22-57-53(43-52)44-73-80(57)28-10-23-69-64-70-26-27-71-64;5*3-2(4,5)1(6)7/h13-22,26-27,43-44,56,74-75H,10-12,23-25,28-42,45-49H2,1-9H3,(H,68,81)(H,72,85)(H,86,87)(H2,69,70,71);5*(H,6,7). The molecule has 1 fully saturated rings. The topological polar surface area (TPSA) is 552 Å². The molecule has 57 heteroatoms. The van der Waals surface area contributed by atoms with Gasteiger partial charge in [-0.2, -0.15) is 75.7 Å². The Morgan fingerprint density at radius 1 is 0.448 bits per heavy atom. The number of nitrogens with zero attached hydrogens (tertiary/aromatic N) is 7. The molecular weight excluding hydrogens is 1890 g/mol. The van der Waals surface area contributed by atoms with Crippen LogP contribution >= 0.6 is 0 Å². The first kappa shape index (κ1) is 121. The number of amides is 2. The van der Waals surface area contributed by atoms with Gasteiger partial charge in [0, 0.05) is 122 Å². The maximum Gasteiger partial charge on any atom is 0.490 e. The quantitative estimate of drug-likeness (QED) is 0.00848. The molecule has 0 saturated carbocycles. The highest BCUT2D eigenvalue weighted by Crippen LogP contribution is 2.26. The van der Waals surface area contributed by atoms with E-state index in [1.54, 1.807) is 48.9 Å². The van der Waals surface area contributed by atoms with Crippen molar-refractivity contribution in [1.29, 1.82) is 0 Å². The highest BCUT2D eigenvalue weighted by Gasteiger charge is 2.42. The van der Waals surface area contributed by atoms with E-state index in [-0.39, 0.29) is 85.1 Å². The SMILES string of the molecule is CC(C)(C)OC(=O)CN1CCN(CC(=O)NCCCOCCOCCOCCCNS(=O)(=O)c2ccc(-c3ccc(S(=O)(=O)NC(CNC(=O)c4ccc5c(cnn5CCCNc5ncc[nH]5)c4)C(=O)O)cc3)cc2)CCN(CC(=O)OC(C)(C)C)CCN(CC(=O)OC(C)(C)C)CC1.O=C(O)C(F)(F)F.O=C(O)C(F)(F)F.O=C(O)C(F)(F)F.O=C(O)C(F)(F)F.O=C(O)C(F)(F)F. The maximum atomic E-state index is 13.4. The van der Waals surface area contributed by atoms with Gasteiger partial charge in [-0.25, -0.2) is 50.5 Å². The third-order valence-electron chi connectivity index (χ3n) is 16.1. The number of esters is 3.